The Bertz CT molecular complexity index is 1160. The zero-order valence-corrected chi connectivity index (χ0v) is 21.1. The van der Waals surface area contributed by atoms with Crippen LogP contribution in [-0.4, -0.2) is 38.9 Å². The molecule has 2 N–H and O–H groups in total. The van der Waals surface area contributed by atoms with Crippen molar-refractivity contribution in [1.82, 2.24) is 15.2 Å². The molecule has 10 heteroatoms. The number of hydrogen-bond donors (Lipinski definition) is 2. The molecule has 1 atom stereocenters. The molecule has 0 bridgehead atoms. The predicted octanol–water partition coefficient (Wildman–Crippen LogP) is 4.93. The van der Waals surface area contributed by atoms with Crippen LogP contribution in [0, 0.1) is 6.92 Å². The average molecular weight is 501 g/mol. The number of fused-ring (bicyclic) bond motifs is 1. The van der Waals surface area contributed by atoms with Crippen molar-refractivity contribution in [1.29, 1.82) is 0 Å². The molecule has 0 saturated carbocycles. The number of nitrogens with one attached hydrogen (secondary N) is 2. The molecule has 3 aromatic rings. The lowest BCUT2D eigenvalue weighted by Gasteiger charge is -2.13. The Hall–Kier alpha value is -2.85. The van der Waals surface area contributed by atoms with E-state index in [-0.39, 0.29) is 18.5 Å². The molecular formula is C24H28N4O4S2. The third kappa shape index (κ3) is 5.79. The highest BCUT2D eigenvalue weighted by molar-refractivity contribution is 8.00. The van der Waals surface area contributed by atoms with Crippen molar-refractivity contribution < 1.29 is 19.1 Å². The lowest BCUT2D eigenvalue weighted by atomic mass is 9.95. The molecule has 34 heavy (non-hydrogen) atoms. The second-order valence-electron chi connectivity index (χ2n) is 8.05. The first kappa shape index (κ1) is 24.3. The average Bonchev–Trinajstić information content (AvgIpc) is 3.42. The summed E-state index contributed by atoms with van der Waals surface area (Å²) in [5.74, 6) is 0.743. The number of nitrogens with zero attached hydrogens (tertiary/aromatic N) is 2. The molecule has 0 spiro atoms. The van der Waals surface area contributed by atoms with Gasteiger partial charge in [-0.25, -0.2) is 9.78 Å². The number of aryl methyl sites for hydroxylation is 2. The van der Waals surface area contributed by atoms with Crippen LogP contribution in [0.3, 0.4) is 0 Å². The topological polar surface area (TPSA) is 106 Å². The molecule has 0 radical (unpaired) electrons. The molecule has 180 valence electrons. The van der Waals surface area contributed by atoms with E-state index in [9.17, 15) is 9.59 Å². The first-order valence-electron chi connectivity index (χ1n) is 11.3. The summed E-state index contributed by atoms with van der Waals surface area (Å²) in [4.78, 5) is 31.1. The lowest BCUT2D eigenvalue weighted by Crippen LogP contribution is -2.23. The van der Waals surface area contributed by atoms with E-state index in [1.807, 2.05) is 31.2 Å². The van der Waals surface area contributed by atoms with E-state index in [0.717, 1.165) is 47.4 Å². The summed E-state index contributed by atoms with van der Waals surface area (Å²) in [6.07, 6.45) is 3.90. The van der Waals surface area contributed by atoms with Crippen molar-refractivity contribution in [3.05, 3.63) is 51.7 Å². The number of aromatic nitrogens is 3. The number of thiophene rings is 1. The van der Waals surface area contributed by atoms with E-state index in [1.54, 1.807) is 13.8 Å². The van der Waals surface area contributed by atoms with Gasteiger partial charge in [0.05, 0.1) is 17.4 Å². The third-order valence-electron chi connectivity index (χ3n) is 5.45. The minimum Gasteiger partial charge on any atom is -0.486 e. The molecule has 1 unspecified atom stereocenters. The van der Waals surface area contributed by atoms with Crippen molar-refractivity contribution in [2.24, 2.45) is 0 Å². The number of H-pyrrole nitrogens is 1. The Balaban J connectivity index is 1.38. The van der Waals surface area contributed by atoms with Gasteiger partial charge >= 0.3 is 5.97 Å². The van der Waals surface area contributed by atoms with Crippen LogP contribution < -0.4 is 10.1 Å². The number of ether oxygens (including phenoxy) is 2. The highest BCUT2D eigenvalue weighted by Crippen LogP contribution is 2.39. The van der Waals surface area contributed by atoms with E-state index in [2.05, 4.69) is 20.5 Å². The van der Waals surface area contributed by atoms with Crippen molar-refractivity contribution >= 4 is 40.0 Å². The van der Waals surface area contributed by atoms with Gasteiger partial charge in [0.2, 0.25) is 11.1 Å². The van der Waals surface area contributed by atoms with Crippen LogP contribution in [0.4, 0.5) is 5.00 Å². The molecule has 8 nitrogen and oxygen atoms in total. The molecule has 1 amide bonds. The number of thioether (sulfide) groups is 1. The van der Waals surface area contributed by atoms with Crippen molar-refractivity contribution in [3.8, 4) is 5.75 Å². The number of hydrogen-bond acceptors (Lipinski definition) is 8. The molecule has 2 heterocycles. The van der Waals surface area contributed by atoms with Gasteiger partial charge in [0.15, 0.2) is 5.82 Å². The van der Waals surface area contributed by atoms with E-state index >= 15 is 0 Å². The molecule has 2 aromatic heterocycles. The van der Waals surface area contributed by atoms with Crippen LogP contribution in [-0.2, 0) is 29.0 Å². The van der Waals surface area contributed by atoms with Crippen molar-refractivity contribution in [3.63, 3.8) is 0 Å². The predicted molar refractivity (Wildman–Crippen MR) is 133 cm³/mol. The second-order valence-corrected chi connectivity index (χ2v) is 10.5. The highest BCUT2D eigenvalue weighted by Gasteiger charge is 2.28. The SMILES string of the molecule is CCOC(=O)c1c(NC(=O)C(C)Sc2n[nH]c(COc3ccc(C)cc3)n2)sc2c1CCCC2. The Labute approximate surface area is 206 Å². The fraction of sp³-hybridized carbons (Fsp3) is 0.417. The minimum atomic E-state index is -0.462. The normalized spacial score (nSPS) is 13.7. The number of carbonyl (C=O) groups is 2. The number of amides is 1. The molecule has 1 aliphatic carbocycles. The fourth-order valence-corrected chi connectivity index (χ4v) is 5.70. The van der Waals surface area contributed by atoms with Gasteiger partial charge in [-0.2, -0.15) is 0 Å². The van der Waals surface area contributed by atoms with Gasteiger partial charge < -0.3 is 14.8 Å². The maximum absolute atomic E-state index is 12.9. The van der Waals surface area contributed by atoms with Crippen LogP contribution in [0.2, 0.25) is 0 Å². The summed E-state index contributed by atoms with van der Waals surface area (Å²) in [5, 5.41) is 10.6. The van der Waals surface area contributed by atoms with Crippen molar-refractivity contribution in [2.75, 3.05) is 11.9 Å². The Morgan fingerprint density at radius 1 is 1.24 bits per heavy atom. The van der Waals surface area contributed by atoms with Gasteiger partial charge in [-0.05, 0) is 64.2 Å². The molecular weight excluding hydrogens is 472 g/mol. The van der Waals surface area contributed by atoms with Crippen LogP contribution >= 0.6 is 23.1 Å². The van der Waals surface area contributed by atoms with Gasteiger partial charge in [-0.1, -0.05) is 29.5 Å². The highest BCUT2D eigenvalue weighted by atomic mass is 32.2. The number of carbonyl (C=O) groups excluding carboxylic acids is 2. The Kier molecular flexibility index (Phi) is 7.89. The maximum atomic E-state index is 12.9. The summed E-state index contributed by atoms with van der Waals surface area (Å²) in [7, 11) is 0. The van der Waals surface area contributed by atoms with E-state index in [0.29, 0.717) is 28.2 Å². The number of benzene rings is 1. The number of esters is 1. The van der Waals surface area contributed by atoms with Gasteiger partial charge in [0.1, 0.15) is 17.4 Å². The molecule has 0 aliphatic heterocycles. The monoisotopic (exact) mass is 500 g/mol. The summed E-state index contributed by atoms with van der Waals surface area (Å²) in [6, 6.07) is 7.77. The molecule has 1 aliphatic rings. The zero-order chi connectivity index (χ0) is 24.1. The fourth-order valence-electron chi connectivity index (χ4n) is 3.68. The molecule has 1 aromatic carbocycles. The first-order valence-corrected chi connectivity index (χ1v) is 13.0. The number of anilines is 1. The molecule has 0 fully saturated rings. The minimum absolute atomic E-state index is 0.212. The van der Waals surface area contributed by atoms with Crippen LogP contribution in [0.25, 0.3) is 0 Å². The van der Waals surface area contributed by atoms with Crippen LogP contribution in [0.1, 0.15) is 58.9 Å². The number of aromatic amines is 1. The Morgan fingerprint density at radius 2 is 2.00 bits per heavy atom. The summed E-state index contributed by atoms with van der Waals surface area (Å²) < 4.78 is 11.0. The van der Waals surface area contributed by atoms with Gasteiger partial charge in [0, 0.05) is 4.88 Å². The Morgan fingerprint density at radius 3 is 2.76 bits per heavy atom. The second kappa shape index (κ2) is 11.1. The summed E-state index contributed by atoms with van der Waals surface area (Å²) in [6.45, 7) is 6.14. The third-order valence-corrected chi connectivity index (χ3v) is 7.62. The van der Waals surface area contributed by atoms with Crippen LogP contribution in [0.15, 0.2) is 29.4 Å². The van der Waals surface area contributed by atoms with E-state index in [4.69, 9.17) is 9.47 Å². The number of rotatable bonds is 9. The standard InChI is InChI=1S/C24H28N4O4S2/c1-4-31-23(30)20-17-7-5-6-8-18(17)34-22(20)26-21(29)15(3)33-24-25-19(27-28-24)13-32-16-11-9-14(2)10-12-16/h9-12,15H,4-8,13H2,1-3H3,(H,26,29)(H,25,27,28). The van der Waals surface area contributed by atoms with Crippen molar-refractivity contribution in [2.45, 2.75) is 63.5 Å². The largest absolute Gasteiger partial charge is 0.486 e. The summed E-state index contributed by atoms with van der Waals surface area (Å²) >= 11 is 2.72. The van der Waals surface area contributed by atoms with E-state index < -0.39 is 5.25 Å². The first-order chi connectivity index (χ1) is 16.4. The molecule has 0 saturated heterocycles. The van der Waals surface area contributed by atoms with E-state index in [1.165, 1.54) is 23.1 Å². The van der Waals surface area contributed by atoms with Gasteiger partial charge in [0.25, 0.3) is 0 Å². The maximum Gasteiger partial charge on any atom is 0.341 e. The lowest BCUT2D eigenvalue weighted by molar-refractivity contribution is -0.115. The smallest absolute Gasteiger partial charge is 0.341 e. The zero-order valence-electron chi connectivity index (χ0n) is 19.5. The van der Waals surface area contributed by atoms with Crippen LogP contribution in [0.5, 0.6) is 5.75 Å². The van der Waals surface area contributed by atoms with Gasteiger partial charge in [-0.15, -0.1) is 16.4 Å². The summed E-state index contributed by atoms with van der Waals surface area (Å²) in [5.41, 5.74) is 2.70. The quantitative estimate of drug-likeness (QED) is 0.317. The van der Waals surface area contributed by atoms with Gasteiger partial charge in [-0.3, -0.25) is 9.89 Å². The molecule has 4 rings (SSSR count).